The Balaban J connectivity index is 2.08. The van der Waals surface area contributed by atoms with Crippen molar-refractivity contribution in [3.63, 3.8) is 0 Å². The standard InChI is InChI=1S/C11H17NO2S/c1-14-10(8-5-3-2-4-6-8)11-12-9(13)7-15-11/h7-8,10,13H,2-6H2,1H3. The van der Waals surface area contributed by atoms with Gasteiger partial charge in [0.15, 0.2) is 0 Å². The van der Waals surface area contributed by atoms with E-state index in [1.807, 2.05) is 0 Å². The minimum Gasteiger partial charge on any atom is -0.493 e. The first kappa shape index (κ1) is 10.9. The first-order valence-corrected chi connectivity index (χ1v) is 6.36. The van der Waals surface area contributed by atoms with Crippen LogP contribution in [-0.2, 0) is 4.74 Å². The van der Waals surface area contributed by atoms with Gasteiger partial charge in [0.2, 0.25) is 5.88 Å². The van der Waals surface area contributed by atoms with E-state index in [4.69, 9.17) is 4.74 Å². The molecule has 4 heteroatoms. The zero-order valence-corrected chi connectivity index (χ0v) is 9.80. The smallest absolute Gasteiger partial charge is 0.222 e. The van der Waals surface area contributed by atoms with Gasteiger partial charge in [-0.05, 0) is 18.8 Å². The Hall–Kier alpha value is -0.610. The highest BCUT2D eigenvalue weighted by Crippen LogP contribution is 2.38. The Morgan fingerprint density at radius 2 is 2.20 bits per heavy atom. The lowest BCUT2D eigenvalue weighted by molar-refractivity contribution is 0.0350. The number of aromatic hydroxyl groups is 1. The summed E-state index contributed by atoms with van der Waals surface area (Å²) in [5.41, 5.74) is 0. The topological polar surface area (TPSA) is 42.4 Å². The molecular formula is C11H17NO2S. The van der Waals surface area contributed by atoms with Crippen molar-refractivity contribution in [3.05, 3.63) is 10.4 Å². The second kappa shape index (κ2) is 4.94. The molecule has 0 bridgehead atoms. The van der Waals surface area contributed by atoms with Crippen LogP contribution >= 0.6 is 11.3 Å². The van der Waals surface area contributed by atoms with Crippen LogP contribution in [0.2, 0.25) is 0 Å². The van der Waals surface area contributed by atoms with Gasteiger partial charge >= 0.3 is 0 Å². The molecule has 2 rings (SSSR count). The highest BCUT2D eigenvalue weighted by molar-refractivity contribution is 7.09. The zero-order chi connectivity index (χ0) is 10.7. The van der Waals surface area contributed by atoms with Crippen molar-refractivity contribution in [2.45, 2.75) is 38.2 Å². The van der Waals surface area contributed by atoms with Gasteiger partial charge in [-0.25, -0.2) is 4.98 Å². The van der Waals surface area contributed by atoms with Crippen LogP contribution in [-0.4, -0.2) is 17.2 Å². The van der Waals surface area contributed by atoms with Crippen molar-refractivity contribution < 1.29 is 9.84 Å². The molecule has 1 aromatic rings. The quantitative estimate of drug-likeness (QED) is 0.862. The van der Waals surface area contributed by atoms with Gasteiger partial charge in [0, 0.05) is 7.11 Å². The third-order valence-electron chi connectivity index (χ3n) is 3.09. The van der Waals surface area contributed by atoms with E-state index in [0.29, 0.717) is 5.92 Å². The number of ether oxygens (including phenoxy) is 1. The van der Waals surface area contributed by atoms with Gasteiger partial charge in [0.05, 0.1) is 5.38 Å². The summed E-state index contributed by atoms with van der Waals surface area (Å²) < 4.78 is 5.53. The number of nitrogens with zero attached hydrogens (tertiary/aromatic N) is 1. The first-order valence-electron chi connectivity index (χ1n) is 5.48. The van der Waals surface area contributed by atoms with Crippen LogP contribution in [0.3, 0.4) is 0 Å². The van der Waals surface area contributed by atoms with Gasteiger partial charge < -0.3 is 9.84 Å². The van der Waals surface area contributed by atoms with Crippen LogP contribution in [0.15, 0.2) is 5.38 Å². The molecule has 1 saturated carbocycles. The predicted octanol–water partition coefficient (Wildman–Crippen LogP) is 3.12. The maximum atomic E-state index is 9.24. The summed E-state index contributed by atoms with van der Waals surface area (Å²) in [6, 6.07) is 0. The van der Waals surface area contributed by atoms with Crippen LogP contribution in [0.4, 0.5) is 0 Å². The van der Waals surface area contributed by atoms with E-state index in [2.05, 4.69) is 4.98 Å². The number of hydrogen-bond donors (Lipinski definition) is 1. The molecule has 1 fully saturated rings. The van der Waals surface area contributed by atoms with Gasteiger partial charge in [0.25, 0.3) is 0 Å². The Morgan fingerprint density at radius 3 is 2.73 bits per heavy atom. The second-order valence-corrected chi connectivity index (χ2v) is 4.99. The maximum Gasteiger partial charge on any atom is 0.222 e. The third-order valence-corrected chi connectivity index (χ3v) is 3.98. The molecule has 1 N–H and O–H groups in total. The summed E-state index contributed by atoms with van der Waals surface area (Å²) in [7, 11) is 1.73. The average Bonchev–Trinajstić information content (AvgIpc) is 2.68. The number of thiazole rings is 1. The molecule has 1 atom stereocenters. The summed E-state index contributed by atoms with van der Waals surface area (Å²) in [5.74, 6) is 0.696. The number of hydrogen-bond acceptors (Lipinski definition) is 4. The molecular weight excluding hydrogens is 210 g/mol. The van der Waals surface area contributed by atoms with Crippen molar-refractivity contribution in [2.75, 3.05) is 7.11 Å². The van der Waals surface area contributed by atoms with Crippen molar-refractivity contribution in [1.29, 1.82) is 0 Å². The van der Waals surface area contributed by atoms with Crippen LogP contribution in [0, 0.1) is 5.92 Å². The molecule has 0 spiro atoms. The lowest BCUT2D eigenvalue weighted by Gasteiger charge is -2.27. The highest BCUT2D eigenvalue weighted by Gasteiger charge is 2.27. The van der Waals surface area contributed by atoms with Crippen molar-refractivity contribution in [2.24, 2.45) is 5.92 Å². The molecule has 84 valence electrons. The summed E-state index contributed by atoms with van der Waals surface area (Å²) in [6.45, 7) is 0. The van der Waals surface area contributed by atoms with E-state index in [0.717, 1.165) is 5.01 Å². The largest absolute Gasteiger partial charge is 0.493 e. The fourth-order valence-electron chi connectivity index (χ4n) is 2.34. The molecule has 0 radical (unpaired) electrons. The lowest BCUT2D eigenvalue weighted by Crippen LogP contribution is -2.17. The van der Waals surface area contributed by atoms with Gasteiger partial charge in [0.1, 0.15) is 11.1 Å². The normalized spacial score (nSPS) is 20.3. The van der Waals surface area contributed by atoms with Crippen LogP contribution < -0.4 is 0 Å². The van der Waals surface area contributed by atoms with E-state index >= 15 is 0 Å². The second-order valence-electron chi connectivity index (χ2n) is 4.10. The highest BCUT2D eigenvalue weighted by atomic mass is 32.1. The molecule has 1 aliphatic rings. The van der Waals surface area contributed by atoms with E-state index in [9.17, 15) is 5.11 Å². The molecule has 1 heterocycles. The fourth-order valence-corrected chi connectivity index (χ4v) is 3.19. The maximum absolute atomic E-state index is 9.24. The Bertz CT molecular complexity index is 307. The molecule has 3 nitrogen and oxygen atoms in total. The SMILES string of the molecule is COC(c1nc(O)cs1)C1CCCCC1. The van der Waals surface area contributed by atoms with Crippen molar-refractivity contribution in [1.82, 2.24) is 4.98 Å². The molecule has 0 amide bonds. The van der Waals surface area contributed by atoms with Crippen molar-refractivity contribution >= 4 is 11.3 Å². The van der Waals surface area contributed by atoms with Gasteiger partial charge in [-0.3, -0.25) is 0 Å². The third kappa shape index (κ3) is 2.49. The summed E-state index contributed by atoms with van der Waals surface area (Å²) >= 11 is 1.49. The van der Waals surface area contributed by atoms with Crippen LogP contribution in [0.25, 0.3) is 0 Å². The van der Waals surface area contributed by atoms with Gasteiger partial charge in [-0.15, -0.1) is 11.3 Å². The summed E-state index contributed by atoms with van der Waals surface area (Å²) in [6.07, 6.45) is 6.45. The average molecular weight is 227 g/mol. The van der Waals surface area contributed by atoms with Gasteiger partial charge in [-0.2, -0.15) is 0 Å². The molecule has 1 unspecified atom stereocenters. The molecule has 0 aromatic carbocycles. The molecule has 1 aromatic heterocycles. The minimum absolute atomic E-state index is 0.0798. The van der Waals surface area contributed by atoms with E-state index in [1.165, 1.54) is 43.4 Å². The Labute approximate surface area is 94.1 Å². The van der Waals surface area contributed by atoms with E-state index < -0.39 is 0 Å². The zero-order valence-electron chi connectivity index (χ0n) is 8.98. The fraction of sp³-hybridized carbons (Fsp3) is 0.727. The Morgan fingerprint density at radius 1 is 1.47 bits per heavy atom. The lowest BCUT2D eigenvalue weighted by atomic mass is 9.85. The Kier molecular flexibility index (Phi) is 3.59. The van der Waals surface area contributed by atoms with E-state index in [1.54, 1.807) is 12.5 Å². The number of methoxy groups -OCH3 is 1. The molecule has 1 aliphatic carbocycles. The number of rotatable bonds is 3. The number of aromatic nitrogens is 1. The summed E-state index contributed by atoms with van der Waals surface area (Å²) in [5, 5.41) is 11.8. The summed E-state index contributed by atoms with van der Waals surface area (Å²) in [4.78, 5) is 4.11. The van der Waals surface area contributed by atoms with E-state index in [-0.39, 0.29) is 12.0 Å². The minimum atomic E-state index is 0.0798. The molecule has 0 saturated heterocycles. The first-order chi connectivity index (χ1) is 7.31. The predicted molar refractivity (Wildman–Crippen MR) is 60.1 cm³/mol. The monoisotopic (exact) mass is 227 g/mol. The van der Waals surface area contributed by atoms with Crippen molar-refractivity contribution in [3.8, 4) is 5.88 Å². The van der Waals surface area contributed by atoms with Crippen LogP contribution in [0.5, 0.6) is 5.88 Å². The molecule has 15 heavy (non-hydrogen) atoms. The molecule has 0 aliphatic heterocycles. The van der Waals surface area contributed by atoms with Crippen LogP contribution in [0.1, 0.15) is 43.2 Å². The van der Waals surface area contributed by atoms with Gasteiger partial charge in [-0.1, -0.05) is 19.3 Å².